The second kappa shape index (κ2) is 13.1. The van der Waals surface area contributed by atoms with Gasteiger partial charge in [-0.15, -0.1) is 0 Å². The standard InChI is InChI=1S/C36H42O6/c1-5-36(21-39-22-36)23-40-30-15-11-26(12-16-30)27-13-17-31(18-14-27)41-34(37)28-7-9-29(10-8-28)35(38)42-33-20-25(4)6-19-32(33)24(2)3/h7-18,24-25,32-33H,5-6,19-23H2,1-4H3. The third-order valence-electron chi connectivity index (χ3n) is 8.94. The Kier molecular flexibility index (Phi) is 9.32. The van der Waals surface area contributed by atoms with Crippen molar-refractivity contribution in [2.75, 3.05) is 19.8 Å². The van der Waals surface area contributed by atoms with Gasteiger partial charge in [-0.25, -0.2) is 9.59 Å². The Bertz CT molecular complexity index is 1330. The van der Waals surface area contributed by atoms with Gasteiger partial charge in [0.25, 0.3) is 0 Å². The molecule has 6 heteroatoms. The molecule has 3 aromatic carbocycles. The number of hydrogen-bond donors (Lipinski definition) is 0. The molecule has 2 aliphatic rings. The first-order valence-corrected chi connectivity index (χ1v) is 15.2. The van der Waals surface area contributed by atoms with Crippen LogP contribution in [-0.2, 0) is 9.47 Å². The van der Waals surface area contributed by atoms with E-state index >= 15 is 0 Å². The number of carbonyl (C=O) groups is 2. The van der Waals surface area contributed by atoms with Crippen molar-refractivity contribution in [3.05, 3.63) is 83.9 Å². The molecule has 0 N–H and O–H groups in total. The quantitative estimate of drug-likeness (QED) is 0.182. The molecule has 6 nitrogen and oxygen atoms in total. The van der Waals surface area contributed by atoms with E-state index < -0.39 is 5.97 Å². The molecule has 2 fully saturated rings. The first-order valence-electron chi connectivity index (χ1n) is 15.2. The fourth-order valence-corrected chi connectivity index (χ4v) is 5.84. The molecular weight excluding hydrogens is 528 g/mol. The minimum atomic E-state index is -0.480. The van der Waals surface area contributed by atoms with E-state index in [1.54, 1.807) is 36.4 Å². The summed E-state index contributed by atoms with van der Waals surface area (Å²) >= 11 is 0. The van der Waals surface area contributed by atoms with Crippen molar-refractivity contribution in [3.63, 3.8) is 0 Å². The van der Waals surface area contributed by atoms with Crippen LogP contribution >= 0.6 is 0 Å². The van der Waals surface area contributed by atoms with Gasteiger partial charge in [0.05, 0.1) is 36.4 Å². The van der Waals surface area contributed by atoms with Crippen LogP contribution in [-0.4, -0.2) is 37.9 Å². The number of hydrogen-bond acceptors (Lipinski definition) is 6. The third-order valence-corrected chi connectivity index (χ3v) is 8.94. The molecule has 5 rings (SSSR count). The van der Waals surface area contributed by atoms with E-state index in [-0.39, 0.29) is 17.5 Å². The summed E-state index contributed by atoms with van der Waals surface area (Å²) in [7, 11) is 0. The Labute approximate surface area is 249 Å². The molecule has 1 saturated carbocycles. The van der Waals surface area contributed by atoms with E-state index in [0.717, 1.165) is 49.4 Å². The average molecular weight is 571 g/mol. The van der Waals surface area contributed by atoms with Crippen LogP contribution in [0.2, 0.25) is 0 Å². The van der Waals surface area contributed by atoms with E-state index in [0.29, 0.717) is 41.2 Å². The van der Waals surface area contributed by atoms with Crippen LogP contribution in [0.25, 0.3) is 11.1 Å². The van der Waals surface area contributed by atoms with Gasteiger partial charge < -0.3 is 18.9 Å². The zero-order valence-electron chi connectivity index (χ0n) is 25.1. The molecule has 1 aliphatic heterocycles. The lowest BCUT2D eigenvalue weighted by molar-refractivity contribution is -0.133. The lowest BCUT2D eigenvalue weighted by Crippen LogP contribution is -2.46. The molecule has 222 valence electrons. The van der Waals surface area contributed by atoms with E-state index in [1.807, 2.05) is 36.4 Å². The highest BCUT2D eigenvalue weighted by atomic mass is 16.5. The van der Waals surface area contributed by atoms with Gasteiger partial charge in [0.15, 0.2) is 0 Å². The van der Waals surface area contributed by atoms with Crippen molar-refractivity contribution in [1.82, 2.24) is 0 Å². The zero-order valence-corrected chi connectivity index (χ0v) is 25.1. The summed E-state index contributed by atoms with van der Waals surface area (Å²) in [5, 5.41) is 0. The fraction of sp³-hybridized carbons (Fsp3) is 0.444. The zero-order chi connectivity index (χ0) is 29.7. The first-order chi connectivity index (χ1) is 20.2. The SMILES string of the molecule is CCC1(COc2ccc(-c3ccc(OC(=O)c4ccc(C(=O)OC5CC(C)CCC5C(C)C)cc4)cc3)cc2)COC1. The minimum absolute atomic E-state index is 0.0686. The predicted molar refractivity (Wildman–Crippen MR) is 163 cm³/mol. The van der Waals surface area contributed by atoms with Crippen molar-refractivity contribution < 1.29 is 28.5 Å². The summed E-state index contributed by atoms with van der Waals surface area (Å²) < 4.78 is 22.9. The van der Waals surface area contributed by atoms with E-state index in [9.17, 15) is 9.59 Å². The number of rotatable bonds is 10. The lowest BCUT2D eigenvalue weighted by Gasteiger charge is -2.40. The molecule has 0 radical (unpaired) electrons. The normalized spacial score (nSPS) is 21.3. The molecule has 3 unspecified atom stereocenters. The van der Waals surface area contributed by atoms with Gasteiger partial charge in [-0.2, -0.15) is 0 Å². The van der Waals surface area contributed by atoms with Crippen LogP contribution < -0.4 is 9.47 Å². The highest BCUT2D eigenvalue weighted by Gasteiger charge is 2.37. The second-order valence-electron chi connectivity index (χ2n) is 12.4. The molecule has 3 atom stereocenters. The van der Waals surface area contributed by atoms with Crippen LogP contribution in [0.4, 0.5) is 0 Å². The molecule has 0 spiro atoms. The highest BCUT2D eigenvalue weighted by Crippen LogP contribution is 2.36. The van der Waals surface area contributed by atoms with E-state index in [4.69, 9.17) is 18.9 Å². The van der Waals surface area contributed by atoms with Gasteiger partial charge in [0.2, 0.25) is 0 Å². The summed E-state index contributed by atoms with van der Waals surface area (Å²) in [5.74, 6) is 1.87. The topological polar surface area (TPSA) is 71.1 Å². The molecular formula is C36H42O6. The largest absolute Gasteiger partial charge is 0.493 e. The lowest BCUT2D eigenvalue weighted by atomic mass is 9.75. The monoisotopic (exact) mass is 570 g/mol. The highest BCUT2D eigenvalue weighted by molar-refractivity contribution is 5.94. The molecule has 42 heavy (non-hydrogen) atoms. The molecule has 1 aliphatic carbocycles. The van der Waals surface area contributed by atoms with E-state index in [2.05, 4.69) is 27.7 Å². The van der Waals surface area contributed by atoms with Crippen LogP contribution in [0, 0.1) is 23.2 Å². The Morgan fingerprint density at radius 3 is 1.93 bits per heavy atom. The third kappa shape index (κ3) is 7.04. The Morgan fingerprint density at radius 2 is 1.40 bits per heavy atom. The molecule has 0 aromatic heterocycles. The summed E-state index contributed by atoms with van der Waals surface area (Å²) in [5.41, 5.74) is 3.01. The summed E-state index contributed by atoms with van der Waals surface area (Å²) in [6.45, 7) is 11.0. The van der Waals surface area contributed by atoms with E-state index in [1.165, 1.54) is 6.42 Å². The second-order valence-corrected chi connectivity index (χ2v) is 12.4. The van der Waals surface area contributed by atoms with Crippen molar-refractivity contribution in [2.45, 2.75) is 59.5 Å². The van der Waals surface area contributed by atoms with Crippen molar-refractivity contribution >= 4 is 11.9 Å². The van der Waals surface area contributed by atoms with Crippen LogP contribution in [0.15, 0.2) is 72.8 Å². The average Bonchev–Trinajstić information content (AvgIpc) is 2.97. The van der Waals surface area contributed by atoms with Crippen LogP contribution in [0.3, 0.4) is 0 Å². The van der Waals surface area contributed by atoms with Gasteiger partial charge in [0.1, 0.15) is 17.6 Å². The van der Waals surface area contributed by atoms with Crippen molar-refractivity contribution in [2.24, 2.45) is 23.2 Å². The molecule has 3 aromatic rings. The van der Waals surface area contributed by atoms with Crippen LogP contribution in [0.5, 0.6) is 11.5 Å². The fourth-order valence-electron chi connectivity index (χ4n) is 5.84. The number of esters is 2. The maximum Gasteiger partial charge on any atom is 0.343 e. The predicted octanol–water partition coefficient (Wildman–Crippen LogP) is 8.00. The number of benzene rings is 3. The van der Waals surface area contributed by atoms with Gasteiger partial charge in [0, 0.05) is 0 Å². The van der Waals surface area contributed by atoms with Crippen molar-refractivity contribution in [1.29, 1.82) is 0 Å². The van der Waals surface area contributed by atoms with Gasteiger partial charge in [-0.05, 0) is 96.7 Å². The van der Waals surface area contributed by atoms with Gasteiger partial charge in [-0.3, -0.25) is 0 Å². The molecule has 0 bridgehead atoms. The number of carbonyl (C=O) groups excluding carboxylic acids is 2. The summed E-state index contributed by atoms with van der Waals surface area (Å²) in [4.78, 5) is 25.7. The van der Waals surface area contributed by atoms with Gasteiger partial charge in [-0.1, -0.05) is 58.4 Å². The summed E-state index contributed by atoms with van der Waals surface area (Å²) in [6, 6.07) is 21.9. The molecule has 1 heterocycles. The van der Waals surface area contributed by atoms with Crippen molar-refractivity contribution in [3.8, 4) is 22.6 Å². The maximum absolute atomic E-state index is 12.9. The maximum atomic E-state index is 12.9. The Balaban J connectivity index is 1.14. The first kappa shape index (κ1) is 29.8. The van der Waals surface area contributed by atoms with Crippen LogP contribution in [0.1, 0.15) is 74.1 Å². The Morgan fingerprint density at radius 1 is 0.833 bits per heavy atom. The summed E-state index contributed by atoms with van der Waals surface area (Å²) in [6.07, 6.45) is 4.13. The number of ether oxygens (including phenoxy) is 4. The Hall–Kier alpha value is -3.64. The minimum Gasteiger partial charge on any atom is -0.493 e. The smallest absolute Gasteiger partial charge is 0.343 e. The molecule has 1 saturated heterocycles. The molecule has 0 amide bonds. The van der Waals surface area contributed by atoms with Gasteiger partial charge >= 0.3 is 11.9 Å².